The van der Waals surface area contributed by atoms with Crippen LogP contribution in [0.3, 0.4) is 0 Å². The molecule has 0 bridgehead atoms. The van der Waals surface area contributed by atoms with Gasteiger partial charge in [-0.3, -0.25) is 0 Å². The average Bonchev–Trinajstić information content (AvgIpc) is 2.72. The zero-order chi connectivity index (χ0) is 12.6. The molecule has 0 radical (unpaired) electrons. The number of aromatic amines is 1. The van der Waals surface area contributed by atoms with E-state index in [0.29, 0.717) is 5.65 Å². The van der Waals surface area contributed by atoms with Crippen LogP contribution in [0.25, 0.3) is 11.0 Å². The van der Waals surface area contributed by atoms with Crippen LogP contribution in [-0.2, 0) is 10.2 Å². The Hall–Kier alpha value is -1.88. The van der Waals surface area contributed by atoms with Crippen molar-refractivity contribution in [2.45, 2.75) is 25.4 Å². The van der Waals surface area contributed by atoms with Gasteiger partial charge in [-0.25, -0.2) is 9.78 Å². The van der Waals surface area contributed by atoms with Gasteiger partial charge < -0.3 is 15.2 Å². The predicted molar refractivity (Wildman–Crippen MR) is 62.8 cm³/mol. The van der Waals surface area contributed by atoms with Crippen LogP contribution in [0.1, 0.15) is 19.4 Å². The van der Waals surface area contributed by atoms with Crippen molar-refractivity contribution in [3.63, 3.8) is 0 Å². The quantitative estimate of drug-likeness (QED) is 0.746. The average molecular weight is 234 g/mol. The van der Waals surface area contributed by atoms with Crippen LogP contribution in [-0.4, -0.2) is 32.3 Å². The Bertz CT molecular complexity index is 560. The normalized spacial score (nSPS) is 13.8. The lowest BCUT2D eigenvalue weighted by atomic mass is 9.79. The lowest BCUT2D eigenvalue weighted by molar-refractivity contribution is -0.150. The second-order valence-corrected chi connectivity index (χ2v) is 4.56. The number of hydrogen-bond donors (Lipinski definition) is 3. The van der Waals surface area contributed by atoms with Crippen molar-refractivity contribution >= 4 is 17.0 Å². The maximum Gasteiger partial charge on any atom is 0.333 e. The third-order valence-corrected chi connectivity index (χ3v) is 3.06. The van der Waals surface area contributed by atoms with E-state index in [1.54, 1.807) is 32.3 Å². The summed E-state index contributed by atoms with van der Waals surface area (Å²) in [5, 5.41) is 19.5. The van der Waals surface area contributed by atoms with Crippen LogP contribution in [0.4, 0.5) is 0 Å². The molecule has 0 aromatic carbocycles. The maximum atomic E-state index is 10.9. The van der Waals surface area contributed by atoms with E-state index in [9.17, 15) is 9.90 Å². The highest BCUT2D eigenvalue weighted by molar-refractivity contribution is 5.83. The first-order chi connectivity index (χ1) is 7.94. The standard InChI is InChI=1S/C12H14N2O3/c1-12(2,9(15)11(16)17)8-6-14-10-7(8)4-3-5-13-10/h3-6,9,15H,1-2H3,(H,13,14)(H,16,17). The summed E-state index contributed by atoms with van der Waals surface area (Å²) in [5.41, 5.74) is 0.552. The first kappa shape index (κ1) is 11.6. The Labute approximate surface area is 98.1 Å². The summed E-state index contributed by atoms with van der Waals surface area (Å²) in [4.78, 5) is 18.0. The minimum absolute atomic E-state index is 0.688. The molecule has 0 spiro atoms. The van der Waals surface area contributed by atoms with Crippen molar-refractivity contribution in [3.8, 4) is 0 Å². The maximum absolute atomic E-state index is 10.9. The van der Waals surface area contributed by atoms with E-state index >= 15 is 0 Å². The van der Waals surface area contributed by atoms with Crippen molar-refractivity contribution in [1.82, 2.24) is 9.97 Å². The number of nitrogens with one attached hydrogen (secondary N) is 1. The van der Waals surface area contributed by atoms with Crippen LogP contribution < -0.4 is 0 Å². The number of H-pyrrole nitrogens is 1. The molecule has 0 fully saturated rings. The molecular weight excluding hydrogens is 220 g/mol. The predicted octanol–water partition coefficient (Wildman–Crippen LogP) is 1.29. The largest absolute Gasteiger partial charge is 0.479 e. The number of aliphatic hydroxyl groups excluding tert-OH is 1. The number of aliphatic carboxylic acids is 1. The smallest absolute Gasteiger partial charge is 0.333 e. The van der Waals surface area contributed by atoms with Gasteiger partial charge >= 0.3 is 5.97 Å². The lowest BCUT2D eigenvalue weighted by Crippen LogP contribution is -2.39. The summed E-state index contributed by atoms with van der Waals surface area (Å²) in [6.07, 6.45) is 1.90. The van der Waals surface area contributed by atoms with Crippen molar-refractivity contribution in [1.29, 1.82) is 0 Å². The number of hydrogen-bond acceptors (Lipinski definition) is 3. The molecule has 2 aromatic rings. The van der Waals surface area contributed by atoms with Gasteiger partial charge in [0.25, 0.3) is 0 Å². The molecule has 5 nitrogen and oxygen atoms in total. The topological polar surface area (TPSA) is 86.2 Å². The second kappa shape index (κ2) is 3.85. The van der Waals surface area contributed by atoms with Crippen molar-refractivity contribution in [2.24, 2.45) is 0 Å². The molecule has 3 N–H and O–H groups in total. The number of carbonyl (C=O) groups is 1. The molecule has 0 aliphatic rings. The summed E-state index contributed by atoms with van der Waals surface area (Å²) in [5.74, 6) is -1.23. The fourth-order valence-electron chi connectivity index (χ4n) is 1.95. The van der Waals surface area contributed by atoms with Gasteiger partial charge in [-0.2, -0.15) is 0 Å². The molecule has 1 unspecified atom stereocenters. The Balaban J connectivity index is 2.56. The summed E-state index contributed by atoms with van der Waals surface area (Å²) in [6.45, 7) is 3.39. The number of fused-ring (bicyclic) bond motifs is 1. The molecule has 0 aliphatic heterocycles. The van der Waals surface area contributed by atoms with Gasteiger partial charge in [0.15, 0.2) is 6.10 Å². The van der Waals surface area contributed by atoms with Gasteiger partial charge in [0.05, 0.1) is 0 Å². The zero-order valence-corrected chi connectivity index (χ0v) is 9.64. The number of carboxylic acids is 1. The number of carboxylic acid groups (broad SMARTS) is 1. The molecule has 0 saturated carbocycles. The second-order valence-electron chi connectivity index (χ2n) is 4.56. The van der Waals surface area contributed by atoms with Gasteiger partial charge in [0.1, 0.15) is 5.65 Å². The molecule has 2 heterocycles. The summed E-state index contributed by atoms with van der Waals surface area (Å²) in [7, 11) is 0. The number of pyridine rings is 1. The van der Waals surface area contributed by atoms with Crippen LogP contribution in [0.2, 0.25) is 0 Å². The fraction of sp³-hybridized carbons (Fsp3) is 0.333. The monoisotopic (exact) mass is 234 g/mol. The van der Waals surface area contributed by atoms with Gasteiger partial charge in [0.2, 0.25) is 0 Å². The Morgan fingerprint density at radius 1 is 1.53 bits per heavy atom. The molecule has 1 atom stereocenters. The molecule has 2 rings (SSSR count). The van der Waals surface area contributed by atoms with E-state index in [4.69, 9.17) is 5.11 Å². The van der Waals surface area contributed by atoms with E-state index in [1.807, 2.05) is 6.07 Å². The molecule has 0 saturated heterocycles. The summed E-state index contributed by atoms with van der Waals surface area (Å²) < 4.78 is 0. The Morgan fingerprint density at radius 2 is 2.24 bits per heavy atom. The Kier molecular flexibility index (Phi) is 2.63. The summed E-state index contributed by atoms with van der Waals surface area (Å²) in [6, 6.07) is 3.63. The highest BCUT2D eigenvalue weighted by atomic mass is 16.4. The van der Waals surface area contributed by atoms with Crippen LogP contribution in [0, 0.1) is 0 Å². The lowest BCUT2D eigenvalue weighted by Gasteiger charge is -2.27. The molecule has 17 heavy (non-hydrogen) atoms. The highest BCUT2D eigenvalue weighted by Crippen LogP contribution is 2.32. The highest BCUT2D eigenvalue weighted by Gasteiger charge is 2.36. The van der Waals surface area contributed by atoms with Gasteiger partial charge in [0, 0.05) is 23.2 Å². The Morgan fingerprint density at radius 3 is 2.88 bits per heavy atom. The van der Waals surface area contributed by atoms with Crippen molar-refractivity contribution < 1.29 is 15.0 Å². The number of nitrogens with zero attached hydrogens (tertiary/aromatic N) is 1. The molecule has 0 amide bonds. The first-order valence-corrected chi connectivity index (χ1v) is 5.28. The van der Waals surface area contributed by atoms with Crippen molar-refractivity contribution in [3.05, 3.63) is 30.1 Å². The number of aliphatic hydroxyl groups is 1. The van der Waals surface area contributed by atoms with Gasteiger partial charge in [-0.15, -0.1) is 0 Å². The van der Waals surface area contributed by atoms with E-state index in [2.05, 4.69) is 9.97 Å². The minimum Gasteiger partial charge on any atom is -0.479 e. The van der Waals surface area contributed by atoms with Crippen LogP contribution >= 0.6 is 0 Å². The number of rotatable bonds is 3. The van der Waals surface area contributed by atoms with Gasteiger partial charge in [-0.05, 0) is 17.7 Å². The first-order valence-electron chi connectivity index (χ1n) is 5.28. The van der Waals surface area contributed by atoms with Crippen LogP contribution in [0.15, 0.2) is 24.5 Å². The van der Waals surface area contributed by atoms with Crippen molar-refractivity contribution in [2.75, 3.05) is 0 Å². The molecule has 2 aromatic heterocycles. The minimum atomic E-state index is -1.46. The molecular formula is C12H14N2O3. The van der Waals surface area contributed by atoms with E-state index in [1.165, 1.54) is 0 Å². The summed E-state index contributed by atoms with van der Waals surface area (Å²) >= 11 is 0. The SMILES string of the molecule is CC(C)(c1c[nH]c2ncccc12)C(O)C(=O)O. The number of aromatic nitrogens is 2. The third-order valence-electron chi connectivity index (χ3n) is 3.06. The molecule has 5 heteroatoms. The molecule has 0 aliphatic carbocycles. The fourth-order valence-corrected chi connectivity index (χ4v) is 1.95. The molecule has 90 valence electrons. The van der Waals surface area contributed by atoms with Gasteiger partial charge in [-0.1, -0.05) is 13.8 Å². The van der Waals surface area contributed by atoms with E-state index in [-0.39, 0.29) is 0 Å². The van der Waals surface area contributed by atoms with Crippen LogP contribution in [0.5, 0.6) is 0 Å². The zero-order valence-electron chi connectivity index (χ0n) is 9.64. The third kappa shape index (κ3) is 1.78. The van der Waals surface area contributed by atoms with E-state index in [0.717, 1.165) is 10.9 Å². The van der Waals surface area contributed by atoms with E-state index < -0.39 is 17.5 Å².